The van der Waals surface area contributed by atoms with Crippen LogP contribution in [0.3, 0.4) is 0 Å². The molecule has 0 radical (unpaired) electrons. The molecule has 1 aliphatic rings. The van der Waals surface area contributed by atoms with E-state index < -0.39 is 0 Å². The predicted octanol–water partition coefficient (Wildman–Crippen LogP) is 4.32. The molecule has 2 aromatic rings. The molecule has 1 N–H and O–H groups in total. The van der Waals surface area contributed by atoms with Gasteiger partial charge in [0, 0.05) is 19.8 Å². The van der Waals surface area contributed by atoms with Crippen LogP contribution in [0, 0.1) is 0 Å². The van der Waals surface area contributed by atoms with Gasteiger partial charge in [0.15, 0.2) is 23.0 Å². The number of nitrogens with one attached hydrogen (secondary N) is 1. The number of hydrogen-bond donors (Lipinski definition) is 1. The van der Waals surface area contributed by atoms with E-state index in [0.29, 0.717) is 31.3 Å². The number of rotatable bonds is 11. The zero-order valence-electron chi connectivity index (χ0n) is 17.0. The Labute approximate surface area is 180 Å². The molecule has 0 aromatic heterocycles. The maximum absolute atomic E-state index is 6.06. The van der Waals surface area contributed by atoms with Crippen molar-refractivity contribution in [2.45, 2.75) is 26.5 Å². The van der Waals surface area contributed by atoms with Gasteiger partial charge in [0.25, 0.3) is 0 Å². The van der Waals surface area contributed by atoms with Gasteiger partial charge in [0.05, 0.1) is 11.6 Å². The van der Waals surface area contributed by atoms with Crippen LogP contribution < -0.4 is 24.3 Å². The van der Waals surface area contributed by atoms with Crippen molar-refractivity contribution in [3.05, 3.63) is 45.9 Å². The Balaban J connectivity index is 1.59. The van der Waals surface area contributed by atoms with Crippen LogP contribution in [0.25, 0.3) is 0 Å². The van der Waals surface area contributed by atoms with E-state index >= 15 is 0 Å². The van der Waals surface area contributed by atoms with E-state index in [4.69, 9.17) is 23.7 Å². The number of methoxy groups -OCH3 is 1. The molecule has 1 heterocycles. The summed E-state index contributed by atoms with van der Waals surface area (Å²) in [6.45, 7) is 6.76. The minimum Gasteiger partial charge on any atom is -0.493 e. The highest BCUT2D eigenvalue weighted by molar-refractivity contribution is 9.10. The van der Waals surface area contributed by atoms with Crippen molar-refractivity contribution in [2.75, 3.05) is 40.1 Å². The quantitative estimate of drug-likeness (QED) is 0.498. The molecule has 6 nitrogen and oxygen atoms in total. The molecule has 0 unspecified atom stereocenters. The molecule has 0 amide bonds. The second kappa shape index (κ2) is 11.3. The van der Waals surface area contributed by atoms with Crippen LogP contribution in [-0.2, 0) is 17.9 Å². The van der Waals surface area contributed by atoms with E-state index in [9.17, 15) is 0 Å². The maximum Gasteiger partial charge on any atom is 0.175 e. The van der Waals surface area contributed by atoms with Gasteiger partial charge in [-0.05, 0) is 71.2 Å². The van der Waals surface area contributed by atoms with Crippen molar-refractivity contribution in [3.63, 3.8) is 0 Å². The lowest BCUT2D eigenvalue weighted by Gasteiger charge is -2.19. The van der Waals surface area contributed by atoms with Crippen LogP contribution in [0.4, 0.5) is 0 Å². The lowest BCUT2D eigenvalue weighted by molar-refractivity contribution is 0.144. The van der Waals surface area contributed by atoms with Gasteiger partial charge in [-0.25, -0.2) is 0 Å². The third-order valence-electron chi connectivity index (χ3n) is 4.45. The molecule has 0 aliphatic carbocycles. The van der Waals surface area contributed by atoms with Gasteiger partial charge in [-0.3, -0.25) is 0 Å². The van der Waals surface area contributed by atoms with Gasteiger partial charge in [0.2, 0.25) is 0 Å². The summed E-state index contributed by atoms with van der Waals surface area (Å²) in [4.78, 5) is 0. The topological polar surface area (TPSA) is 58.2 Å². The van der Waals surface area contributed by atoms with Gasteiger partial charge in [-0.15, -0.1) is 0 Å². The molecule has 0 bridgehead atoms. The van der Waals surface area contributed by atoms with Crippen LogP contribution >= 0.6 is 15.9 Å². The monoisotopic (exact) mass is 465 g/mol. The van der Waals surface area contributed by atoms with Crippen molar-refractivity contribution in [1.29, 1.82) is 0 Å². The second-order valence-corrected chi connectivity index (χ2v) is 7.46. The first-order valence-electron chi connectivity index (χ1n) is 9.87. The molecule has 2 aromatic carbocycles. The van der Waals surface area contributed by atoms with E-state index in [1.165, 1.54) is 0 Å². The Morgan fingerprint density at radius 2 is 1.90 bits per heavy atom. The molecule has 7 heteroatoms. The fraction of sp³-hybridized carbons (Fsp3) is 0.455. The molecular formula is C22H28BrNO5. The fourth-order valence-electron chi connectivity index (χ4n) is 3.02. The van der Waals surface area contributed by atoms with E-state index in [-0.39, 0.29) is 0 Å². The summed E-state index contributed by atoms with van der Waals surface area (Å²) in [5, 5.41) is 3.42. The largest absolute Gasteiger partial charge is 0.493 e. The van der Waals surface area contributed by atoms with E-state index in [1.54, 1.807) is 7.11 Å². The van der Waals surface area contributed by atoms with Gasteiger partial charge >= 0.3 is 0 Å². The van der Waals surface area contributed by atoms with Crippen molar-refractivity contribution >= 4 is 15.9 Å². The predicted molar refractivity (Wildman–Crippen MR) is 115 cm³/mol. The molecule has 1 aliphatic heterocycles. The summed E-state index contributed by atoms with van der Waals surface area (Å²) in [6, 6.07) is 9.90. The number of hydrogen-bond acceptors (Lipinski definition) is 6. The third-order valence-corrected chi connectivity index (χ3v) is 5.04. The van der Waals surface area contributed by atoms with Crippen LogP contribution in [0.1, 0.15) is 24.5 Å². The lowest BCUT2D eigenvalue weighted by atomic mass is 10.2. The number of ether oxygens (including phenoxy) is 5. The molecule has 0 fully saturated rings. The van der Waals surface area contributed by atoms with Gasteiger partial charge in [-0.1, -0.05) is 6.07 Å². The van der Waals surface area contributed by atoms with Crippen LogP contribution in [0.5, 0.6) is 23.0 Å². The molecule has 0 saturated heterocycles. The minimum atomic E-state index is 0.403. The Kier molecular flexibility index (Phi) is 8.46. The normalized spacial score (nSPS) is 12.7. The van der Waals surface area contributed by atoms with E-state index in [2.05, 4.69) is 27.3 Å². The zero-order chi connectivity index (χ0) is 20.5. The third kappa shape index (κ3) is 6.26. The summed E-state index contributed by atoms with van der Waals surface area (Å²) in [5.74, 6) is 2.91. The average Bonchev–Trinajstić information content (AvgIpc) is 2.75. The average molecular weight is 466 g/mol. The Morgan fingerprint density at radius 1 is 1.07 bits per heavy atom. The SMILES string of the molecule is CCOCCCNCc1cc(Br)c(OCc2ccc3c(c2)OCCO3)c(OC)c1. The first-order valence-corrected chi connectivity index (χ1v) is 10.7. The van der Waals surface area contributed by atoms with Crippen LogP contribution in [-0.4, -0.2) is 40.1 Å². The smallest absolute Gasteiger partial charge is 0.175 e. The Bertz CT molecular complexity index is 799. The lowest BCUT2D eigenvalue weighted by Crippen LogP contribution is -2.16. The Hall–Kier alpha value is -1.96. The second-order valence-electron chi connectivity index (χ2n) is 6.60. The zero-order valence-corrected chi connectivity index (χ0v) is 18.5. The van der Waals surface area contributed by atoms with Crippen LogP contribution in [0.15, 0.2) is 34.8 Å². The van der Waals surface area contributed by atoms with Crippen LogP contribution in [0.2, 0.25) is 0 Å². The van der Waals surface area contributed by atoms with Crippen molar-refractivity contribution in [3.8, 4) is 23.0 Å². The highest BCUT2D eigenvalue weighted by Gasteiger charge is 2.14. The van der Waals surface area contributed by atoms with Crippen molar-refractivity contribution in [1.82, 2.24) is 5.32 Å². The maximum atomic E-state index is 6.06. The first-order chi connectivity index (χ1) is 14.2. The van der Waals surface area contributed by atoms with Crippen molar-refractivity contribution < 1.29 is 23.7 Å². The molecule has 0 spiro atoms. The molecular weight excluding hydrogens is 438 g/mol. The number of halogens is 1. The summed E-state index contributed by atoms with van der Waals surface area (Å²) in [5.41, 5.74) is 2.13. The first kappa shape index (κ1) is 21.7. The summed E-state index contributed by atoms with van der Waals surface area (Å²) in [6.07, 6.45) is 0.989. The summed E-state index contributed by atoms with van der Waals surface area (Å²) < 4.78 is 29.0. The standard InChI is InChI=1S/C22H28BrNO5/c1-3-26-8-4-7-24-14-17-11-18(23)22(21(13-17)25-2)29-15-16-5-6-19-20(12-16)28-10-9-27-19/h5-6,11-13,24H,3-4,7-10,14-15H2,1-2H3. The molecule has 29 heavy (non-hydrogen) atoms. The van der Waals surface area contributed by atoms with Gasteiger partial charge in [0.1, 0.15) is 19.8 Å². The molecule has 0 saturated carbocycles. The summed E-state index contributed by atoms with van der Waals surface area (Å²) >= 11 is 3.62. The minimum absolute atomic E-state index is 0.403. The van der Waals surface area contributed by atoms with Gasteiger partial charge < -0.3 is 29.0 Å². The number of fused-ring (bicyclic) bond motifs is 1. The van der Waals surface area contributed by atoms with E-state index in [0.717, 1.165) is 59.8 Å². The molecule has 158 valence electrons. The highest BCUT2D eigenvalue weighted by atomic mass is 79.9. The number of benzene rings is 2. The summed E-state index contributed by atoms with van der Waals surface area (Å²) in [7, 11) is 1.65. The fourth-order valence-corrected chi connectivity index (χ4v) is 3.63. The van der Waals surface area contributed by atoms with Gasteiger partial charge in [-0.2, -0.15) is 0 Å². The van der Waals surface area contributed by atoms with Crippen molar-refractivity contribution in [2.24, 2.45) is 0 Å². The molecule has 0 atom stereocenters. The van der Waals surface area contributed by atoms with E-state index in [1.807, 2.05) is 31.2 Å². The highest BCUT2D eigenvalue weighted by Crippen LogP contribution is 2.38. The molecule has 3 rings (SSSR count). The Morgan fingerprint density at radius 3 is 2.69 bits per heavy atom.